The van der Waals surface area contributed by atoms with Crippen molar-refractivity contribution in [2.45, 2.75) is 33.6 Å². The van der Waals surface area contributed by atoms with E-state index in [2.05, 4.69) is 36.1 Å². The number of benzene rings is 2. The Bertz CT molecular complexity index is 1400. The van der Waals surface area contributed by atoms with Gasteiger partial charge in [0.15, 0.2) is 5.82 Å². The van der Waals surface area contributed by atoms with Gasteiger partial charge in [0.1, 0.15) is 5.75 Å². The largest absolute Gasteiger partial charge is 0.481 e. The molecule has 4 rings (SSSR count). The number of aliphatic carboxylic acids is 1. The molecular formula is C24H23N3O5S. The summed E-state index contributed by atoms with van der Waals surface area (Å²) in [4.78, 5) is 38.1. The van der Waals surface area contributed by atoms with Crippen LogP contribution in [0.1, 0.15) is 44.7 Å². The van der Waals surface area contributed by atoms with Gasteiger partial charge in [-0.2, -0.15) is 9.50 Å². The lowest BCUT2D eigenvalue weighted by Crippen LogP contribution is -2.23. The minimum absolute atomic E-state index is 0.221. The van der Waals surface area contributed by atoms with E-state index in [0.29, 0.717) is 32.5 Å². The van der Waals surface area contributed by atoms with Crippen LogP contribution in [0.3, 0.4) is 0 Å². The van der Waals surface area contributed by atoms with Crippen LogP contribution in [0.4, 0.5) is 0 Å². The molecule has 8 nitrogen and oxygen atoms in total. The van der Waals surface area contributed by atoms with Gasteiger partial charge in [-0.15, -0.1) is 5.10 Å². The smallest absolute Gasteiger partial charge is 0.308 e. The van der Waals surface area contributed by atoms with E-state index in [-0.39, 0.29) is 5.56 Å². The van der Waals surface area contributed by atoms with Gasteiger partial charge in [-0.1, -0.05) is 61.6 Å². The van der Waals surface area contributed by atoms with Gasteiger partial charge in [-0.3, -0.25) is 14.4 Å². The van der Waals surface area contributed by atoms with Crippen molar-refractivity contribution in [1.29, 1.82) is 0 Å². The molecule has 0 saturated carbocycles. The van der Waals surface area contributed by atoms with E-state index in [9.17, 15) is 9.59 Å². The zero-order valence-electron chi connectivity index (χ0n) is 18.6. The Morgan fingerprint density at radius 3 is 2.30 bits per heavy atom. The second-order valence-corrected chi connectivity index (χ2v) is 8.48. The Morgan fingerprint density at radius 2 is 1.73 bits per heavy atom. The number of carboxylic acid groups (broad SMARTS) is 1. The van der Waals surface area contributed by atoms with Crippen molar-refractivity contribution < 1.29 is 19.4 Å². The maximum absolute atomic E-state index is 12.8. The highest BCUT2D eigenvalue weighted by atomic mass is 32.1. The Kier molecular flexibility index (Phi) is 7.34. The highest BCUT2D eigenvalue weighted by Gasteiger charge is 2.16. The number of thiazole rings is 1. The van der Waals surface area contributed by atoms with Gasteiger partial charge in [-0.05, 0) is 35.3 Å². The molecule has 9 heteroatoms. The summed E-state index contributed by atoms with van der Waals surface area (Å²) in [5, 5.41) is 11.8. The van der Waals surface area contributed by atoms with E-state index in [4.69, 9.17) is 14.6 Å². The second-order valence-electron chi connectivity index (χ2n) is 7.48. The van der Waals surface area contributed by atoms with E-state index in [1.165, 1.54) is 28.3 Å². The highest BCUT2D eigenvalue weighted by Crippen LogP contribution is 2.27. The summed E-state index contributed by atoms with van der Waals surface area (Å²) in [6.07, 6.45) is 1.85. The maximum Gasteiger partial charge on any atom is 0.308 e. The topological polar surface area (TPSA) is 111 Å². The van der Waals surface area contributed by atoms with Crippen molar-refractivity contribution in [3.63, 3.8) is 0 Å². The molecular weight excluding hydrogens is 442 g/mol. The fraction of sp³-hybridized carbons (Fsp3) is 0.208. The number of nitrogens with zero attached hydrogens (tertiary/aromatic N) is 3. The normalized spacial score (nSPS) is 11.4. The highest BCUT2D eigenvalue weighted by molar-refractivity contribution is 7.15. The first-order valence-corrected chi connectivity index (χ1v) is 11.0. The Morgan fingerprint density at radius 1 is 1.09 bits per heavy atom. The van der Waals surface area contributed by atoms with Crippen LogP contribution in [0.25, 0.3) is 22.4 Å². The lowest BCUT2D eigenvalue weighted by Gasteiger charge is -2.04. The van der Waals surface area contributed by atoms with E-state index in [0.717, 1.165) is 12.5 Å². The number of hydrogen-bond donors (Lipinski definition) is 1. The summed E-state index contributed by atoms with van der Waals surface area (Å²) in [7, 11) is 0. The molecule has 0 aliphatic heterocycles. The maximum atomic E-state index is 12.8. The molecule has 0 saturated heterocycles. The molecule has 0 unspecified atom stereocenters. The van der Waals surface area contributed by atoms with Crippen LogP contribution in [-0.4, -0.2) is 31.6 Å². The molecule has 0 spiro atoms. The summed E-state index contributed by atoms with van der Waals surface area (Å²) < 4.78 is 7.08. The standard InChI is InChI=1S/C22H19N3O3S.C2H4O2/c1-13(2)16-10-8-15(9-11-16)12-19-21(27)25-22(29-19)23-20(24-25)17-6-4-5-7-18(17)28-14(3)26;1-2(3)4/h4-13H,1-3H3;1H3,(H,3,4). The number of aromatic nitrogens is 3. The SMILES string of the molecule is CC(=O)O.CC(=O)Oc1ccccc1-c1nc2sc(=Cc3ccc(C(C)C)cc3)c(=O)n2n1. The summed E-state index contributed by atoms with van der Waals surface area (Å²) in [5.74, 6) is -0.0919. The van der Waals surface area contributed by atoms with Gasteiger partial charge in [0, 0.05) is 13.8 Å². The fourth-order valence-corrected chi connectivity index (χ4v) is 3.88. The van der Waals surface area contributed by atoms with Crippen molar-refractivity contribution in [3.05, 3.63) is 74.5 Å². The molecule has 0 fully saturated rings. The van der Waals surface area contributed by atoms with Gasteiger partial charge in [0.2, 0.25) is 4.96 Å². The van der Waals surface area contributed by atoms with E-state index >= 15 is 0 Å². The lowest BCUT2D eigenvalue weighted by molar-refractivity contribution is -0.134. The van der Waals surface area contributed by atoms with Crippen LogP contribution in [0.5, 0.6) is 5.75 Å². The van der Waals surface area contributed by atoms with Gasteiger partial charge in [-0.25, -0.2) is 0 Å². The Hall–Kier alpha value is -3.85. The van der Waals surface area contributed by atoms with Crippen LogP contribution >= 0.6 is 11.3 Å². The number of rotatable bonds is 4. The van der Waals surface area contributed by atoms with Gasteiger partial charge in [0.25, 0.3) is 11.5 Å². The summed E-state index contributed by atoms with van der Waals surface area (Å²) in [6.45, 7) is 6.71. The van der Waals surface area contributed by atoms with Crippen molar-refractivity contribution in [2.24, 2.45) is 0 Å². The van der Waals surface area contributed by atoms with Crippen molar-refractivity contribution in [2.75, 3.05) is 0 Å². The minimum Gasteiger partial charge on any atom is -0.481 e. The Balaban J connectivity index is 0.000000709. The zero-order chi connectivity index (χ0) is 24.1. The number of carbonyl (C=O) groups excluding carboxylic acids is 1. The molecule has 2 heterocycles. The zero-order valence-corrected chi connectivity index (χ0v) is 19.4. The van der Waals surface area contributed by atoms with Gasteiger partial charge >= 0.3 is 5.97 Å². The number of esters is 1. The number of fused-ring (bicyclic) bond motifs is 1. The number of carboxylic acids is 1. The fourth-order valence-electron chi connectivity index (χ4n) is 2.97. The van der Waals surface area contributed by atoms with E-state index in [1.54, 1.807) is 24.3 Å². The molecule has 2 aromatic carbocycles. The third kappa shape index (κ3) is 5.89. The predicted molar refractivity (Wildman–Crippen MR) is 127 cm³/mol. The van der Waals surface area contributed by atoms with E-state index < -0.39 is 11.9 Å². The molecule has 0 aliphatic rings. The van der Waals surface area contributed by atoms with Crippen LogP contribution in [0, 0.1) is 0 Å². The average molecular weight is 466 g/mol. The van der Waals surface area contributed by atoms with Crippen molar-refractivity contribution in [1.82, 2.24) is 14.6 Å². The first-order chi connectivity index (χ1) is 15.7. The molecule has 170 valence electrons. The second kappa shape index (κ2) is 10.2. The molecule has 0 radical (unpaired) electrons. The molecule has 0 aliphatic carbocycles. The molecule has 33 heavy (non-hydrogen) atoms. The predicted octanol–water partition coefficient (Wildman–Crippen LogP) is 3.51. The molecule has 0 bridgehead atoms. The molecule has 0 atom stereocenters. The van der Waals surface area contributed by atoms with Crippen LogP contribution < -0.4 is 14.8 Å². The number of hydrogen-bond acceptors (Lipinski definition) is 7. The summed E-state index contributed by atoms with van der Waals surface area (Å²) in [6, 6.07) is 15.1. The minimum atomic E-state index is -0.833. The number of ether oxygens (including phenoxy) is 1. The summed E-state index contributed by atoms with van der Waals surface area (Å²) >= 11 is 1.28. The van der Waals surface area contributed by atoms with Crippen LogP contribution in [0.15, 0.2) is 53.3 Å². The van der Waals surface area contributed by atoms with Crippen molar-refractivity contribution >= 4 is 34.3 Å². The monoisotopic (exact) mass is 465 g/mol. The quantitative estimate of drug-likeness (QED) is 0.363. The third-order valence-corrected chi connectivity index (χ3v) is 5.42. The van der Waals surface area contributed by atoms with Crippen molar-refractivity contribution in [3.8, 4) is 17.1 Å². The first-order valence-electron chi connectivity index (χ1n) is 10.1. The number of carbonyl (C=O) groups is 2. The number of para-hydroxylation sites is 1. The lowest BCUT2D eigenvalue weighted by atomic mass is 10.0. The third-order valence-electron chi connectivity index (χ3n) is 4.46. The Labute approximate surface area is 193 Å². The summed E-state index contributed by atoms with van der Waals surface area (Å²) in [5.41, 5.74) is 2.55. The van der Waals surface area contributed by atoms with E-state index in [1.807, 2.05) is 18.2 Å². The van der Waals surface area contributed by atoms with Crippen LogP contribution in [-0.2, 0) is 9.59 Å². The molecule has 0 amide bonds. The molecule has 4 aromatic rings. The molecule has 1 N–H and O–H groups in total. The first kappa shape index (κ1) is 23.8. The average Bonchev–Trinajstić information content (AvgIpc) is 3.27. The van der Waals surface area contributed by atoms with Gasteiger partial charge in [0.05, 0.1) is 10.1 Å². The molecule has 2 aromatic heterocycles. The van der Waals surface area contributed by atoms with Crippen LogP contribution in [0.2, 0.25) is 0 Å². The van der Waals surface area contributed by atoms with Gasteiger partial charge < -0.3 is 9.84 Å².